The molecule has 7 nitrogen and oxygen atoms in total. The number of carbonyl (C=O) groups excluding carboxylic acids is 1. The van der Waals surface area contributed by atoms with E-state index in [1.165, 1.54) is 23.5 Å². The molecule has 3 aromatic rings. The first-order valence-corrected chi connectivity index (χ1v) is 11.3. The molecule has 0 spiro atoms. The van der Waals surface area contributed by atoms with Crippen LogP contribution in [-0.2, 0) is 14.8 Å². The number of hydrogen-bond donors (Lipinski definition) is 1. The minimum absolute atomic E-state index is 0.0460. The Labute approximate surface area is 176 Å². The third-order valence-electron chi connectivity index (χ3n) is 3.58. The van der Waals surface area contributed by atoms with Gasteiger partial charge in [0.1, 0.15) is 11.6 Å². The molecule has 0 fully saturated rings. The van der Waals surface area contributed by atoms with Crippen molar-refractivity contribution in [3.63, 3.8) is 0 Å². The lowest BCUT2D eigenvalue weighted by Gasteiger charge is -2.22. The van der Waals surface area contributed by atoms with Crippen molar-refractivity contribution in [2.45, 2.75) is 0 Å². The molecule has 0 saturated heterocycles. The summed E-state index contributed by atoms with van der Waals surface area (Å²) < 4.78 is 25.3. The van der Waals surface area contributed by atoms with E-state index in [1.54, 1.807) is 6.07 Å². The van der Waals surface area contributed by atoms with Crippen LogP contribution in [0.4, 0.5) is 10.8 Å². The van der Waals surface area contributed by atoms with E-state index < -0.39 is 22.5 Å². The van der Waals surface area contributed by atoms with Gasteiger partial charge in [0.05, 0.1) is 22.0 Å². The number of rotatable bonds is 6. The van der Waals surface area contributed by atoms with E-state index >= 15 is 0 Å². The Morgan fingerprint density at radius 3 is 2.50 bits per heavy atom. The molecule has 11 heteroatoms. The topological polar surface area (TPSA) is 92.3 Å². The molecule has 3 rings (SSSR count). The van der Waals surface area contributed by atoms with Crippen LogP contribution < -0.4 is 9.62 Å². The van der Waals surface area contributed by atoms with Gasteiger partial charge in [-0.15, -0.1) is 10.2 Å². The molecule has 1 N–H and O–H groups in total. The minimum atomic E-state index is -3.79. The molecule has 1 amide bonds. The molecule has 1 heterocycles. The summed E-state index contributed by atoms with van der Waals surface area (Å²) in [6, 6.07) is 13.9. The third kappa shape index (κ3) is 4.79. The molecular weight excluding hydrogens is 443 g/mol. The van der Waals surface area contributed by atoms with Gasteiger partial charge in [0.15, 0.2) is 0 Å². The summed E-state index contributed by atoms with van der Waals surface area (Å²) in [5, 5.41) is 11.6. The lowest BCUT2D eigenvalue weighted by Crippen LogP contribution is -2.37. The van der Waals surface area contributed by atoms with E-state index in [2.05, 4.69) is 15.5 Å². The second kappa shape index (κ2) is 8.44. The molecule has 0 aliphatic heterocycles. The molecule has 0 radical (unpaired) electrons. The largest absolute Gasteiger partial charge is 0.299 e. The zero-order valence-corrected chi connectivity index (χ0v) is 17.6. The number of aromatic nitrogens is 2. The van der Waals surface area contributed by atoms with Gasteiger partial charge in [-0.1, -0.05) is 70.9 Å². The number of sulfonamides is 1. The van der Waals surface area contributed by atoms with Crippen molar-refractivity contribution in [1.29, 1.82) is 0 Å². The Kier molecular flexibility index (Phi) is 6.19. The van der Waals surface area contributed by atoms with Gasteiger partial charge in [0.25, 0.3) is 0 Å². The highest BCUT2D eigenvalue weighted by Crippen LogP contribution is 2.33. The summed E-state index contributed by atoms with van der Waals surface area (Å²) in [4.78, 5) is 12.4. The van der Waals surface area contributed by atoms with Crippen LogP contribution in [-0.4, -0.2) is 37.3 Å². The van der Waals surface area contributed by atoms with E-state index in [-0.39, 0.29) is 20.9 Å². The van der Waals surface area contributed by atoms with Crippen molar-refractivity contribution in [2.24, 2.45) is 0 Å². The van der Waals surface area contributed by atoms with E-state index in [4.69, 9.17) is 23.2 Å². The summed E-state index contributed by atoms with van der Waals surface area (Å²) in [6.07, 6.45) is 0.982. The van der Waals surface area contributed by atoms with Crippen LogP contribution in [0.5, 0.6) is 0 Å². The fourth-order valence-corrected chi connectivity index (χ4v) is 4.40. The average Bonchev–Trinajstić information content (AvgIpc) is 3.11. The molecule has 28 heavy (non-hydrogen) atoms. The molecular formula is C17H14Cl2N4O3S2. The van der Waals surface area contributed by atoms with Gasteiger partial charge in [-0.05, 0) is 12.1 Å². The van der Waals surface area contributed by atoms with Crippen LogP contribution >= 0.6 is 34.5 Å². The minimum Gasteiger partial charge on any atom is -0.299 e. The maximum absolute atomic E-state index is 12.4. The van der Waals surface area contributed by atoms with Gasteiger partial charge in [0.2, 0.25) is 21.1 Å². The number of hydrogen-bond acceptors (Lipinski definition) is 6. The van der Waals surface area contributed by atoms with Crippen molar-refractivity contribution in [1.82, 2.24) is 10.2 Å². The number of benzene rings is 2. The van der Waals surface area contributed by atoms with Crippen LogP contribution in [0.2, 0.25) is 10.0 Å². The summed E-state index contributed by atoms with van der Waals surface area (Å²) in [7, 11) is -3.79. The number of nitrogens with zero attached hydrogens (tertiary/aromatic N) is 3. The first-order valence-electron chi connectivity index (χ1n) is 7.86. The number of amides is 1. The van der Waals surface area contributed by atoms with Gasteiger partial charge in [-0.3, -0.25) is 14.4 Å². The first kappa shape index (κ1) is 20.5. The lowest BCUT2D eigenvalue weighted by atomic mass is 10.2. The van der Waals surface area contributed by atoms with Gasteiger partial charge in [0, 0.05) is 5.56 Å². The number of nitrogens with one attached hydrogen (secondary N) is 1. The van der Waals surface area contributed by atoms with Gasteiger partial charge < -0.3 is 0 Å². The first-order chi connectivity index (χ1) is 13.3. The number of carbonyl (C=O) groups is 1. The van der Waals surface area contributed by atoms with Crippen molar-refractivity contribution in [3.05, 3.63) is 58.6 Å². The Balaban J connectivity index is 1.78. The fraction of sp³-hybridized carbons (Fsp3) is 0.118. The van der Waals surface area contributed by atoms with Crippen LogP contribution in [0.25, 0.3) is 10.6 Å². The summed E-state index contributed by atoms with van der Waals surface area (Å²) in [6.45, 7) is -0.487. The molecule has 0 unspecified atom stereocenters. The maximum atomic E-state index is 12.4. The maximum Gasteiger partial charge on any atom is 0.246 e. The Morgan fingerprint density at radius 2 is 1.82 bits per heavy atom. The van der Waals surface area contributed by atoms with Crippen molar-refractivity contribution < 1.29 is 13.2 Å². The van der Waals surface area contributed by atoms with E-state index in [9.17, 15) is 13.2 Å². The van der Waals surface area contributed by atoms with E-state index in [0.29, 0.717) is 5.01 Å². The Hall–Kier alpha value is -2.20. The standard InChI is InChI=1S/C17H14Cl2N4O3S2/c1-28(25,26)23(13-9-5-8-12(18)15(13)19)10-14(24)20-17-22-21-16(27-17)11-6-3-2-4-7-11/h2-9H,10H2,1H3,(H,20,22,24). The molecule has 0 aliphatic carbocycles. The van der Waals surface area contributed by atoms with Gasteiger partial charge in [-0.2, -0.15) is 0 Å². The molecule has 0 aliphatic rings. The van der Waals surface area contributed by atoms with E-state index in [0.717, 1.165) is 16.1 Å². The third-order valence-corrected chi connectivity index (χ3v) is 6.40. The highest BCUT2D eigenvalue weighted by molar-refractivity contribution is 7.92. The Morgan fingerprint density at radius 1 is 1.11 bits per heavy atom. The summed E-state index contributed by atoms with van der Waals surface area (Å²) >= 11 is 13.3. The molecule has 0 saturated carbocycles. The zero-order valence-electron chi connectivity index (χ0n) is 14.5. The fourth-order valence-electron chi connectivity index (χ4n) is 2.33. The highest BCUT2D eigenvalue weighted by atomic mass is 35.5. The quantitative estimate of drug-likeness (QED) is 0.606. The van der Waals surface area contributed by atoms with E-state index in [1.807, 2.05) is 30.3 Å². The molecule has 1 aromatic heterocycles. The van der Waals surface area contributed by atoms with Gasteiger partial charge >= 0.3 is 0 Å². The number of anilines is 2. The second-order valence-corrected chi connectivity index (χ2v) is 9.34. The molecule has 146 valence electrons. The zero-order chi connectivity index (χ0) is 20.3. The van der Waals surface area contributed by atoms with Crippen molar-refractivity contribution >= 4 is 61.3 Å². The van der Waals surface area contributed by atoms with Crippen LogP contribution in [0.15, 0.2) is 48.5 Å². The predicted molar refractivity (Wildman–Crippen MR) is 113 cm³/mol. The summed E-state index contributed by atoms with van der Waals surface area (Å²) in [5.41, 5.74) is 0.984. The molecule has 0 bridgehead atoms. The second-order valence-electron chi connectivity index (χ2n) is 5.67. The van der Waals surface area contributed by atoms with Crippen LogP contribution in [0.1, 0.15) is 0 Å². The monoisotopic (exact) mass is 456 g/mol. The smallest absolute Gasteiger partial charge is 0.246 e. The average molecular weight is 457 g/mol. The van der Waals surface area contributed by atoms with Gasteiger partial charge in [-0.25, -0.2) is 8.42 Å². The normalized spacial score (nSPS) is 11.2. The van der Waals surface area contributed by atoms with Crippen molar-refractivity contribution in [2.75, 3.05) is 22.4 Å². The lowest BCUT2D eigenvalue weighted by molar-refractivity contribution is -0.114. The number of halogens is 2. The van der Waals surface area contributed by atoms with Crippen LogP contribution in [0, 0.1) is 0 Å². The highest BCUT2D eigenvalue weighted by Gasteiger charge is 2.24. The van der Waals surface area contributed by atoms with Crippen LogP contribution in [0.3, 0.4) is 0 Å². The SMILES string of the molecule is CS(=O)(=O)N(CC(=O)Nc1nnc(-c2ccccc2)s1)c1cccc(Cl)c1Cl. The Bertz CT molecular complexity index is 1100. The molecule has 2 aromatic carbocycles. The predicted octanol–water partition coefficient (Wildman–Crippen LogP) is 3.92. The summed E-state index contributed by atoms with van der Waals surface area (Å²) in [5.74, 6) is -0.586. The molecule has 0 atom stereocenters. The van der Waals surface area contributed by atoms with Crippen molar-refractivity contribution in [3.8, 4) is 10.6 Å².